The molecule has 25 heavy (non-hydrogen) atoms. The molecule has 1 aromatic rings. The molecule has 1 aliphatic heterocycles. The Morgan fingerprint density at radius 3 is 2.56 bits per heavy atom. The van der Waals surface area contributed by atoms with E-state index in [1.807, 2.05) is 20.8 Å². The van der Waals surface area contributed by atoms with Gasteiger partial charge in [0.25, 0.3) is 5.91 Å². The topological polar surface area (TPSA) is 78.5 Å². The number of halogens is 2. The van der Waals surface area contributed by atoms with E-state index in [-0.39, 0.29) is 5.56 Å². The molecule has 6 nitrogen and oxygen atoms in total. The van der Waals surface area contributed by atoms with Gasteiger partial charge in [0, 0.05) is 11.1 Å². The van der Waals surface area contributed by atoms with Gasteiger partial charge in [-0.3, -0.25) is 14.5 Å². The van der Waals surface area contributed by atoms with Gasteiger partial charge in [-0.2, -0.15) is 0 Å². The fraction of sp³-hybridized carbons (Fsp3) is 0.471. The first-order valence-corrected chi connectivity index (χ1v) is 7.91. The van der Waals surface area contributed by atoms with Crippen LogP contribution in [0.5, 0.6) is 0 Å². The Labute approximate surface area is 144 Å². The molecule has 8 heteroatoms. The maximum atomic E-state index is 14.1. The Balaban J connectivity index is 2.25. The number of benzene rings is 1. The molecule has 1 atom stereocenters. The van der Waals surface area contributed by atoms with Gasteiger partial charge in [-0.05, 0) is 45.4 Å². The van der Waals surface area contributed by atoms with Crippen LogP contribution in [-0.4, -0.2) is 34.8 Å². The lowest BCUT2D eigenvalue weighted by molar-refractivity contribution is -0.135. The van der Waals surface area contributed by atoms with Crippen LogP contribution in [-0.2, 0) is 15.1 Å². The van der Waals surface area contributed by atoms with E-state index >= 15 is 0 Å². The van der Waals surface area contributed by atoms with Crippen LogP contribution in [0.4, 0.5) is 13.6 Å². The van der Waals surface area contributed by atoms with Crippen molar-refractivity contribution in [3.63, 3.8) is 0 Å². The minimum Gasteiger partial charge on any atom is -0.350 e. The zero-order valence-corrected chi connectivity index (χ0v) is 14.6. The summed E-state index contributed by atoms with van der Waals surface area (Å²) in [5.41, 5.74) is -2.55. The molecule has 2 rings (SSSR count). The third-order valence-electron chi connectivity index (χ3n) is 4.41. The van der Waals surface area contributed by atoms with Crippen molar-refractivity contribution in [3.8, 4) is 0 Å². The summed E-state index contributed by atoms with van der Waals surface area (Å²) in [5.74, 6) is -2.89. The van der Waals surface area contributed by atoms with Crippen molar-refractivity contribution in [3.05, 3.63) is 35.4 Å². The van der Waals surface area contributed by atoms with Gasteiger partial charge in [0.15, 0.2) is 0 Å². The first-order chi connectivity index (χ1) is 11.5. The Kier molecular flexibility index (Phi) is 4.83. The van der Waals surface area contributed by atoms with E-state index in [2.05, 4.69) is 10.6 Å². The molecule has 2 N–H and O–H groups in total. The lowest BCUT2D eigenvalue weighted by Gasteiger charge is -2.26. The molecule has 0 aromatic heterocycles. The molecule has 1 saturated heterocycles. The van der Waals surface area contributed by atoms with Crippen molar-refractivity contribution in [2.45, 2.75) is 45.2 Å². The van der Waals surface area contributed by atoms with Gasteiger partial charge in [-0.25, -0.2) is 13.6 Å². The van der Waals surface area contributed by atoms with Crippen LogP contribution in [0, 0.1) is 11.6 Å². The second kappa shape index (κ2) is 6.42. The van der Waals surface area contributed by atoms with E-state index in [4.69, 9.17) is 0 Å². The average Bonchev–Trinajstić information content (AvgIpc) is 2.73. The number of nitrogens with zero attached hydrogens (tertiary/aromatic N) is 1. The molecule has 0 saturated carbocycles. The first kappa shape index (κ1) is 18.8. The number of nitrogens with one attached hydrogen (secondary N) is 2. The second-order valence-electron chi connectivity index (χ2n) is 6.86. The van der Waals surface area contributed by atoms with Crippen molar-refractivity contribution in [1.29, 1.82) is 0 Å². The Bertz CT molecular complexity index is 736. The molecule has 0 unspecified atom stereocenters. The molecule has 4 amide bonds. The summed E-state index contributed by atoms with van der Waals surface area (Å²) in [6, 6.07) is 1.83. The second-order valence-corrected chi connectivity index (χ2v) is 6.86. The van der Waals surface area contributed by atoms with Crippen LogP contribution >= 0.6 is 0 Å². The Morgan fingerprint density at radius 1 is 1.32 bits per heavy atom. The van der Waals surface area contributed by atoms with Crippen LogP contribution in [0.3, 0.4) is 0 Å². The third kappa shape index (κ3) is 3.62. The van der Waals surface area contributed by atoms with Crippen LogP contribution in [0.1, 0.15) is 39.7 Å². The molecule has 0 aliphatic carbocycles. The van der Waals surface area contributed by atoms with E-state index in [9.17, 15) is 23.2 Å². The summed E-state index contributed by atoms with van der Waals surface area (Å²) in [6.07, 6.45) is 0.658. The number of hydrogen-bond acceptors (Lipinski definition) is 3. The predicted molar refractivity (Wildman–Crippen MR) is 86.5 cm³/mol. The monoisotopic (exact) mass is 353 g/mol. The highest BCUT2D eigenvalue weighted by Crippen LogP contribution is 2.31. The van der Waals surface area contributed by atoms with Crippen molar-refractivity contribution in [1.82, 2.24) is 15.5 Å². The van der Waals surface area contributed by atoms with Gasteiger partial charge < -0.3 is 10.6 Å². The number of amides is 4. The smallest absolute Gasteiger partial charge is 0.325 e. The van der Waals surface area contributed by atoms with Crippen LogP contribution in [0.25, 0.3) is 0 Å². The minimum atomic E-state index is -1.77. The van der Waals surface area contributed by atoms with Crippen molar-refractivity contribution >= 4 is 17.8 Å². The lowest BCUT2D eigenvalue weighted by Crippen LogP contribution is -2.49. The quantitative estimate of drug-likeness (QED) is 0.795. The van der Waals surface area contributed by atoms with Gasteiger partial charge in [0.05, 0.1) is 0 Å². The zero-order valence-electron chi connectivity index (χ0n) is 14.6. The fourth-order valence-corrected chi connectivity index (χ4v) is 2.55. The van der Waals surface area contributed by atoms with E-state index in [0.717, 1.165) is 18.2 Å². The molecule has 136 valence electrons. The van der Waals surface area contributed by atoms with Gasteiger partial charge >= 0.3 is 6.03 Å². The van der Waals surface area contributed by atoms with Crippen LogP contribution in [0.15, 0.2) is 18.2 Å². The lowest BCUT2D eigenvalue weighted by atomic mass is 9.91. The Hall–Kier alpha value is -2.51. The van der Waals surface area contributed by atoms with Crippen LogP contribution < -0.4 is 10.6 Å². The van der Waals surface area contributed by atoms with Crippen LogP contribution in [0.2, 0.25) is 0 Å². The number of hydrogen-bond donors (Lipinski definition) is 2. The third-order valence-corrected chi connectivity index (χ3v) is 4.41. The fourth-order valence-electron chi connectivity index (χ4n) is 2.55. The standard InChI is InChI=1S/C17H21F2N3O3/c1-5-16(2,3)20-13(23)9-22-14(24)17(4,21-15(22)25)11-8-10(18)6-7-12(11)19/h6-8H,5,9H2,1-4H3,(H,20,23)(H,21,25)/t17-/m0/s1. The van der Waals surface area contributed by atoms with E-state index in [1.54, 1.807) is 0 Å². The molecule has 1 fully saturated rings. The molecule has 1 aliphatic rings. The first-order valence-electron chi connectivity index (χ1n) is 7.91. The normalized spacial score (nSPS) is 20.6. The summed E-state index contributed by atoms with van der Waals surface area (Å²) >= 11 is 0. The minimum absolute atomic E-state index is 0.289. The molecular formula is C17H21F2N3O3. The molecule has 1 heterocycles. The molecule has 0 spiro atoms. The highest BCUT2D eigenvalue weighted by atomic mass is 19.1. The van der Waals surface area contributed by atoms with E-state index < -0.39 is 47.1 Å². The predicted octanol–water partition coefficient (Wildman–Crippen LogP) is 2.04. The average molecular weight is 353 g/mol. The number of rotatable bonds is 5. The molecule has 0 radical (unpaired) electrons. The number of urea groups is 1. The molecular weight excluding hydrogens is 332 g/mol. The van der Waals surface area contributed by atoms with Gasteiger partial charge in [0.2, 0.25) is 5.91 Å². The van der Waals surface area contributed by atoms with E-state index in [0.29, 0.717) is 11.3 Å². The number of imide groups is 1. The molecule has 1 aromatic carbocycles. The van der Waals surface area contributed by atoms with Crippen molar-refractivity contribution < 1.29 is 23.2 Å². The van der Waals surface area contributed by atoms with Gasteiger partial charge in [-0.1, -0.05) is 6.92 Å². The zero-order chi connectivity index (χ0) is 19.0. The van der Waals surface area contributed by atoms with Crippen molar-refractivity contribution in [2.75, 3.05) is 6.54 Å². The summed E-state index contributed by atoms with van der Waals surface area (Å²) < 4.78 is 27.5. The maximum absolute atomic E-state index is 14.1. The molecule has 0 bridgehead atoms. The summed E-state index contributed by atoms with van der Waals surface area (Å²) in [6.45, 7) is 6.28. The van der Waals surface area contributed by atoms with Gasteiger partial charge in [0.1, 0.15) is 23.7 Å². The SMILES string of the molecule is CCC(C)(C)NC(=O)CN1C(=O)N[C@@](C)(c2cc(F)ccc2F)C1=O. The Morgan fingerprint density at radius 2 is 1.96 bits per heavy atom. The highest BCUT2D eigenvalue weighted by molar-refractivity contribution is 6.09. The van der Waals surface area contributed by atoms with Crippen molar-refractivity contribution in [2.24, 2.45) is 0 Å². The van der Waals surface area contributed by atoms with Gasteiger partial charge in [-0.15, -0.1) is 0 Å². The largest absolute Gasteiger partial charge is 0.350 e. The maximum Gasteiger partial charge on any atom is 0.325 e. The summed E-state index contributed by atoms with van der Waals surface area (Å²) in [4.78, 5) is 37.6. The summed E-state index contributed by atoms with van der Waals surface area (Å²) in [5, 5.41) is 5.06. The number of carbonyl (C=O) groups is 3. The summed E-state index contributed by atoms with van der Waals surface area (Å²) in [7, 11) is 0. The van der Waals surface area contributed by atoms with E-state index in [1.165, 1.54) is 6.92 Å². The number of carbonyl (C=O) groups excluding carboxylic acids is 3. The highest BCUT2D eigenvalue weighted by Gasteiger charge is 2.51.